The van der Waals surface area contributed by atoms with Crippen LogP contribution in [-0.2, 0) is 9.53 Å². The maximum absolute atomic E-state index is 11.9. The molecule has 1 amide bonds. The molecule has 5 heteroatoms. The van der Waals surface area contributed by atoms with Crippen LogP contribution in [0.3, 0.4) is 0 Å². The maximum atomic E-state index is 11.9. The number of aromatic amines is 1. The van der Waals surface area contributed by atoms with Gasteiger partial charge in [0.15, 0.2) is 0 Å². The molecule has 1 saturated heterocycles. The molecule has 5 nitrogen and oxygen atoms in total. The van der Waals surface area contributed by atoms with Crippen LogP contribution in [0.1, 0.15) is 25.7 Å². The van der Waals surface area contributed by atoms with Gasteiger partial charge in [-0.2, -0.15) is 0 Å². The van der Waals surface area contributed by atoms with Crippen molar-refractivity contribution in [2.45, 2.75) is 31.8 Å². The van der Waals surface area contributed by atoms with Crippen molar-refractivity contribution in [3.63, 3.8) is 0 Å². The number of benzene rings is 1. The van der Waals surface area contributed by atoms with E-state index in [1.807, 2.05) is 24.3 Å². The molecule has 0 saturated carbocycles. The third-order valence-electron chi connectivity index (χ3n) is 3.33. The second-order valence-corrected chi connectivity index (χ2v) is 4.84. The highest BCUT2D eigenvalue weighted by molar-refractivity contribution is 5.91. The van der Waals surface area contributed by atoms with Crippen LogP contribution < -0.4 is 5.32 Å². The van der Waals surface area contributed by atoms with Crippen molar-refractivity contribution in [3.05, 3.63) is 24.3 Å². The van der Waals surface area contributed by atoms with E-state index in [-0.39, 0.29) is 12.0 Å². The Morgan fingerprint density at radius 2 is 2.32 bits per heavy atom. The highest BCUT2D eigenvalue weighted by atomic mass is 16.5. The molecular weight excluding hydrogens is 242 g/mol. The Kier molecular flexibility index (Phi) is 3.46. The molecule has 0 bridgehead atoms. The first-order chi connectivity index (χ1) is 9.31. The van der Waals surface area contributed by atoms with Crippen molar-refractivity contribution in [1.82, 2.24) is 9.97 Å². The molecule has 2 heterocycles. The number of carbonyl (C=O) groups is 1. The number of aromatic nitrogens is 2. The van der Waals surface area contributed by atoms with E-state index >= 15 is 0 Å². The number of para-hydroxylation sites is 2. The van der Waals surface area contributed by atoms with E-state index in [0.29, 0.717) is 12.4 Å². The van der Waals surface area contributed by atoms with Gasteiger partial charge >= 0.3 is 0 Å². The number of anilines is 1. The molecule has 1 aromatic heterocycles. The van der Waals surface area contributed by atoms with Gasteiger partial charge in [-0.25, -0.2) is 4.98 Å². The van der Waals surface area contributed by atoms with Crippen LogP contribution in [0.2, 0.25) is 0 Å². The fourth-order valence-electron chi connectivity index (χ4n) is 2.37. The Bertz CT molecular complexity index is 540. The minimum absolute atomic E-state index is 0.0500. The fourth-order valence-corrected chi connectivity index (χ4v) is 2.37. The molecule has 1 aliphatic rings. The van der Waals surface area contributed by atoms with E-state index in [2.05, 4.69) is 15.3 Å². The third kappa shape index (κ3) is 2.93. The number of H-pyrrole nitrogens is 1. The zero-order valence-electron chi connectivity index (χ0n) is 10.7. The fraction of sp³-hybridized carbons (Fsp3) is 0.429. The van der Waals surface area contributed by atoms with Crippen molar-refractivity contribution in [2.75, 3.05) is 11.9 Å². The van der Waals surface area contributed by atoms with E-state index < -0.39 is 0 Å². The van der Waals surface area contributed by atoms with E-state index in [9.17, 15) is 4.79 Å². The summed E-state index contributed by atoms with van der Waals surface area (Å²) in [6.07, 6.45) is 3.66. The second-order valence-electron chi connectivity index (χ2n) is 4.84. The van der Waals surface area contributed by atoms with Crippen LogP contribution in [0.25, 0.3) is 11.0 Å². The van der Waals surface area contributed by atoms with Gasteiger partial charge in [0.25, 0.3) is 0 Å². The summed E-state index contributed by atoms with van der Waals surface area (Å²) in [6.45, 7) is 0.766. The van der Waals surface area contributed by atoms with E-state index in [1.54, 1.807) is 0 Å². The molecule has 0 aliphatic carbocycles. The number of imidazole rings is 1. The normalized spacial score (nSPS) is 19.5. The molecule has 0 radical (unpaired) electrons. The topological polar surface area (TPSA) is 67.0 Å². The Hall–Kier alpha value is -1.88. The van der Waals surface area contributed by atoms with E-state index in [1.165, 1.54) is 0 Å². The summed E-state index contributed by atoms with van der Waals surface area (Å²) in [7, 11) is 0. The molecule has 1 atom stereocenters. The molecule has 1 unspecified atom stereocenters. The lowest BCUT2D eigenvalue weighted by molar-refractivity contribution is -0.119. The summed E-state index contributed by atoms with van der Waals surface area (Å²) in [6, 6.07) is 7.70. The highest BCUT2D eigenvalue weighted by Crippen LogP contribution is 2.17. The number of amides is 1. The lowest BCUT2D eigenvalue weighted by Crippen LogP contribution is -2.25. The molecule has 1 fully saturated rings. The zero-order chi connectivity index (χ0) is 13.1. The summed E-state index contributed by atoms with van der Waals surface area (Å²) in [4.78, 5) is 19.3. The van der Waals surface area contributed by atoms with Gasteiger partial charge in [0, 0.05) is 6.61 Å². The standard InChI is InChI=1S/C14H17N3O2/c18-13(9-10-5-3-4-8-19-10)17-14-15-11-6-1-2-7-12(11)16-14/h1-2,6-7,10H,3-5,8-9H2,(H2,15,16,17,18). The minimum Gasteiger partial charge on any atom is -0.378 e. The number of carbonyl (C=O) groups excluding carboxylic acids is 1. The van der Waals surface area contributed by atoms with E-state index in [0.717, 1.165) is 36.9 Å². The largest absolute Gasteiger partial charge is 0.378 e. The van der Waals surface area contributed by atoms with Gasteiger partial charge in [-0.1, -0.05) is 12.1 Å². The van der Waals surface area contributed by atoms with Crippen molar-refractivity contribution < 1.29 is 9.53 Å². The predicted octanol–water partition coefficient (Wildman–Crippen LogP) is 2.46. The number of hydrogen-bond donors (Lipinski definition) is 2. The first kappa shape index (κ1) is 12.2. The summed E-state index contributed by atoms with van der Waals surface area (Å²) in [5.41, 5.74) is 1.78. The molecule has 0 spiro atoms. The molecule has 3 rings (SSSR count). The van der Waals surface area contributed by atoms with Crippen molar-refractivity contribution in [2.24, 2.45) is 0 Å². The van der Waals surface area contributed by atoms with Gasteiger partial charge in [0.05, 0.1) is 23.6 Å². The van der Waals surface area contributed by atoms with Crippen LogP contribution >= 0.6 is 0 Å². The first-order valence-corrected chi connectivity index (χ1v) is 6.67. The van der Waals surface area contributed by atoms with Gasteiger partial charge in [0.1, 0.15) is 0 Å². The van der Waals surface area contributed by atoms with Gasteiger partial charge in [-0.15, -0.1) is 0 Å². The lowest BCUT2D eigenvalue weighted by Gasteiger charge is -2.21. The Morgan fingerprint density at radius 3 is 3.11 bits per heavy atom. The molecule has 100 valence electrons. The van der Waals surface area contributed by atoms with Gasteiger partial charge in [-0.3, -0.25) is 10.1 Å². The number of nitrogens with zero attached hydrogens (tertiary/aromatic N) is 1. The molecular formula is C14H17N3O2. The smallest absolute Gasteiger partial charge is 0.229 e. The van der Waals surface area contributed by atoms with Crippen molar-refractivity contribution in [3.8, 4) is 0 Å². The Balaban J connectivity index is 1.62. The number of ether oxygens (including phenoxy) is 1. The Labute approximate surface area is 111 Å². The summed E-state index contributed by atoms with van der Waals surface area (Å²) in [5, 5.41) is 2.79. The van der Waals surface area contributed by atoms with Crippen molar-refractivity contribution >= 4 is 22.9 Å². The molecule has 2 N–H and O–H groups in total. The molecule has 1 aromatic carbocycles. The number of fused-ring (bicyclic) bond motifs is 1. The third-order valence-corrected chi connectivity index (χ3v) is 3.33. The average Bonchev–Trinajstić information content (AvgIpc) is 2.81. The maximum Gasteiger partial charge on any atom is 0.229 e. The quantitative estimate of drug-likeness (QED) is 0.889. The van der Waals surface area contributed by atoms with Gasteiger partial charge in [-0.05, 0) is 31.4 Å². The summed E-state index contributed by atoms with van der Waals surface area (Å²) < 4.78 is 5.55. The zero-order valence-corrected chi connectivity index (χ0v) is 10.7. The molecule has 19 heavy (non-hydrogen) atoms. The number of rotatable bonds is 3. The van der Waals surface area contributed by atoms with Crippen LogP contribution in [0.4, 0.5) is 5.95 Å². The van der Waals surface area contributed by atoms with Crippen LogP contribution in [0.15, 0.2) is 24.3 Å². The Morgan fingerprint density at radius 1 is 1.42 bits per heavy atom. The highest BCUT2D eigenvalue weighted by Gasteiger charge is 2.18. The monoisotopic (exact) mass is 259 g/mol. The lowest BCUT2D eigenvalue weighted by atomic mass is 10.1. The van der Waals surface area contributed by atoms with Crippen LogP contribution in [-0.4, -0.2) is 28.6 Å². The minimum atomic E-state index is -0.0500. The molecule has 2 aromatic rings. The molecule has 1 aliphatic heterocycles. The second kappa shape index (κ2) is 5.40. The van der Waals surface area contributed by atoms with E-state index in [4.69, 9.17) is 4.74 Å². The average molecular weight is 259 g/mol. The SMILES string of the molecule is O=C(CC1CCCCO1)Nc1nc2ccccc2[nH]1. The summed E-state index contributed by atoms with van der Waals surface area (Å²) in [5.74, 6) is 0.452. The summed E-state index contributed by atoms with van der Waals surface area (Å²) >= 11 is 0. The number of nitrogens with one attached hydrogen (secondary N) is 2. The van der Waals surface area contributed by atoms with Crippen LogP contribution in [0.5, 0.6) is 0 Å². The van der Waals surface area contributed by atoms with Gasteiger partial charge < -0.3 is 9.72 Å². The first-order valence-electron chi connectivity index (χ1n) is 6.67. The van der Waals surface area contributed by atoms with Crippen LogP contribution in [0, 0.1) is 0 Å². The number of hydrogen-bond acceptors (Lipinski definition) is 3. The predicted molar refractivity (Wildman–Crippen MR) is 72.9 cm³/mol. The van der Waals surface area contributed by atoms with Crippen molar-refractivity contribution in [1.29, 1.82) is 0 Å². The van der Waals surface area contributed by atoms with Gasteiger partial charge in [0.2, 0.25) is 11.9 Å².